The van der Waals surface area contributed by atoms with Gasteiger partial charge in [0.1, 0.15) is 5.75 Å². The highest BCUT2D eigenvalue weighted by molar-refractivity contribution is 5.66. The molecule has 0 unspecified atom stereocenters. The molecule has 0 saturated carbocycles. The molecule has 6 heteroatoms. The van der Waals surface area contributed by atoms with E-state index in [-0.39, 0.29) is 5.82 Å². The van der Waals surface area contributed by atoms with Crippen molar-refractivity contribution >= 4 is 5.82 Å². The number of hydrogen-bond donors (Lipinski definition) is 1. The second-order valence-corrected chi connectivity index (χ2v) is 5.45. The maximum atomic E-state index is 5.73. The van der Waals surface area contributed by atoms with Crippen molar-refractivity contribution in [3.63, 3.8) is 0 Å². The number of methoxy groups -OCH3 is 2. The molecule has 0 aliphatic carbocycles. The van der Waals surface area contributed by atoms with Crippen LogP contribution in [-0.2, 0) is 13.0 Å². The van der Waals surface area contributed by atoms with Gasteiger partial charge < -0.3 is 20.1 Å². The van der Waals surface area contributed by atoms with Crippen LogP contribution in [0.15, 0.2) is 18.3 Å². The largest absolute Gasteiger partial charge is 0.496 e. The van der Waals surface area contributed by atoms with Crippen LogP contribution in [-0.4, -0.2) is 42.7 Å². The number of fused-ring (bicyclic) bond motifs is 1. The molecular weight excluding hydrogens is 280 g/mol. The highest BCUT2D eigenvalue weighted by Crippen LogP contribution is 2.33. The second-order valence-electron chi connectivity index (χ2n) is 5.45. The molecule has 0 saturated heterocycles. The molecule has 0 spiro atoms. The van der Waals surface area contributed by atoms with Crippen molar-refractivity contribution in [2.45, 2.75) is 13.0 Å². The van der Waals surface area contributed by atoms with Gasteiger partial charge in [0, 0.05) is 18.7 Å². The maximum Gasteiger partial charge on any atom is 0.257 e. The van der Waals surface area contributed by atoms with Gasteiger partial charge in [-0.3, -0.25) is 0 Å². The van der Waals surface area contributed by atoms with E-state index in [4.69, 9.17) is 15.2 Å². The lowest BCUT2D eigenvalue weighted by molar-refractivity contribution is 0.306. The van der Waals surface area contributed by atoms with E-state index >= 15 is 0 Å². The van der Waals surface area contributed by atoms with Gasteiger partial charge in [0.25, 0.3) is 5.88 Å². The summed E-state index contributed by atoms with van der Waals surface area (Å²) in [6, 6.07) is 4.15. The molecule has 116 valence electrons. The summed E-state index contributed by atoms with van der Waals surface area (Å²) in [7, 11) is 5.35. The van der Waals surface area contributed by atoms with Crippen LogP contribution in [0.3, 0.4) is 0 Å². The topological polar surface area (TPSA) is 73.5 Å². The fraction of sp³-hybridized carbons (Fsp3) is 0.375. The predicted molar refractivity (Wildman–Crippen MR) is 85.0 cm³/mol. The highest BCUT2D eigenvalue weighted by Gasteiger charge is 2.19. The van der Waals surface area contributed by atoms with Gasteiger partial charge in [0.05, 0.1) is 26.1 Å². The molecule has 2 aromatic rings. The Morgan fingerprint density at radius 3 is 2.77 bits per heavy atom. The molecule has 0 bridgehead atoms. The van der Waals surface area contributed by atoms with Crippen LogP contribution in [0.4, 0.5) is 5.82 Å². The first-order chi connectivity index (χ1) is 10.6. The van der Waals surface area contributed by atoms with Crippen molar-refractivity contribution in [2.75, 3.05) is 33.5 Å². The Balaban J connectivity index is 2.09. The number of nitrogen functional groups attached to an aromatic ring is 1. The molecule has 1 aliphatic rings. The molecule has 1 aromatic carbocycles. The van der Waals surface area contributed by atoms with Crippen molar-refractivity contribution in [3.8, 4) is 22.9 Å². The lowest BCUT2D eigenvalue weighted by Gasteiger charge is -2.27. The first-order valence-corrected chi connectivity index (χ1v) is 7.17. The summed E-state index contributed by atoms with van der Waals surface area (Å²) in [4.78, 5) is 10.9. The number of nitrogens with two attached hydrogens (primary N) is 1. The molecule has 0 radical (unpaired) electrons. The van der Waals surface area contributed by atoms with Gasteiger partial charge in [-0.1, -0.05) is 0 Å². The molecule has 1 aromatic heterocycles. The van der Waals surface area contributed by atoms with Crippen molar-refractivity contribution in [3.05, 3.63) is 29.5 Å². The first kappa shape index (κ1) is 14.6. The zero-order valence-corrected chi connectivity index (χ0v) is 13.1. The minimum Gasteiger partial charge on any atom is -0.496 e. The quantitative estimate of drug-likeness (QED) is 0.930. The van der Waals surface area contributed by atoms with E-state index < -0.39 is 0 Å². The molecule has 0 amide bonds. The summed E-state index contributed by atoms with van der Waals surface area (Å²) < 4.78 is 10.7. The van der Waals surface area contributed by atoms with E-state index in [2.05, 4.69) is 28.0 Å². The highest BCUT2D eigenvalue weighted by atomic mass is 16.5. The number of benzene rings is 1. The van der Waals surface area contributed by atoms with Gasteiger partial charge in [-0.25, -0.2) is 9.97 Å². The van der Waals surface area contributed by atoms with Crippen molar-refractivity contribution < 1.29 is 9.47 Å². The van der Waals surface area contributed by atoms with E-state index in [1.807, 2.05) is 6.07 Å². The van der Waals surface area contributed by atoms with Crippen LogP contribution >= 0.6 is 0 Å². The molecule has 1 aliphatic heterocycles. The van der Waals surface area contributed by atoms with E-state index in [9.17, 15) is 0 Å². The normalized spacial score (nSPS) is 14.5. The van der Waals surface area contributed by atoms with Gasteiger partial charge in [-0.2, -0.15) is 0 Å². The maximum absolute atomic E-state index is 5.73. The third-order valence-electron chi connectivity index (χ3n) is 3.96. The summed E-state index contributed by atoms with van der Waals surface area (Å²) in [5, 5.41) is 0. The minimum atomic E-state index is 0.288. The summed E-state index contributed by atoms with van der Waals surface area (Å²) in [6.07, 6.45) is 2.65. The number of hydrogen-bond acceptors (Lipinski definition) is 6. The number of likely N-dealkylation sites (N-methyl/N-ethyl adjacent to an activating group) is 1. The van der Waals surface area contributed by atoms with Crippen molar-refractivity contribution in [1.82, 2.24) is 14.9 Å². The van der Waals surface area contributed by atoms with Gasteiger partial charge in [0.2, 0.25) is 0 Å². The lowest BCUT2D eigenvalue weighted by atomic mass is 9.95. The van der Waals surface area contributed by atoms with Gasteiger partial charge >= 0.3 is 0 Å². The first-order valence-electron chi connectivity index (χ1n) is 7.17. The third kappa shape index (κ3) is 2.57. The van der Waals surface area contributed by atoms with E-state index in [1.165, 1.54) is 18.2 Å². The number of ether oxygens (including phenoxy) is 2. The van der Waals surface area contributed by atoms with Crippen LogP contribution in [0.25, 0.3) is 11.3 Å². The van der Waals surface area contributed by atoms with Crippen LogP contribution in [0.1, 0.15) is 11.1 Å². The third-order valence-corrected chi connectivity index (χ3v) is 3.96. The number of nitrogens with zero attached hydrogens (tertiary/aromatic N) is 3. The fourth-order valence-corrected chi connectivity index (χ4v) is 2.80. The van der Waals surface area contributed by atoms with E-state index in [0.717, 1.165) is 36.5 Å². The second kappa shape index (κ2) is 5.81. The Kier molecular flexibility index (Phi) is 3.85. The fourth-order valence-electron chi connectivity index (χ4n) is 2.80. The van der Waals surface area contributed by atoms with E-state index in [0.29, 0.717) is 5.88 Å². The Morgan fingerprint density at radius 2 is 2.05 bits per heavy atom. The Labute approximate surface area is 129 Å². The monoisotopic (exact) mass is 300 g/mol. The van der Waals surface area contributed by atoms with Crippen LogP contribution in [0.5, 0.6) is 11.6 Å². The molecule has 22 heavy (non-hydrogen) atoms. The van der Waals surface area contributed by atoms with Gasteiger partial charge in [-0.15, -0.1) is 0 Å². The summed E-state index contributed by atoms with van der Waals surface area (Å²) in [5.74, 6) is 1.53. The molecule has 0 fully saturated rings. The standard InChI is InChI=1S/C16H20N4O2/c1-20-5-4-12-11(9-20)6-10(7-14(12)21-2)13-8-18-15(17)16(19-13)22-3/h6-8H,4-5,9H2,1-3H3,(H2,17,18). The zero-order valence-electron chi connectivity index (χ0n) is 13.1. The molecule has 3 rings (SSSR count). The Morgan fingerprint density at radius 1 is 1.23 bits per heavy atom. The van der Waals surface area contributed by atoms with Crippen LogP contribution < -0.4 is 15.2 Å². The molecular formula is C16H20N4O2. The summed E-state index contributed by atoms with van der Waals surface area (Å²) in [5.41, 5.74) is 9.95. The SMILES string of the molecule is COc1cc(-c2cnc(N)c(OC)n2)cc2c1CCN(C)C2. The smallest absolute Gasteiger partial charge is 0.257 e. The zero-order chi connectivity index (χ0) is 15.7. The lowest BCUT2D eigenvalue weighted by Crippen LogP contribution is -2.26. The van der Waals surface area contributed by atoms with Gasteiger partial charge in [0.15, 0.2) is 5.82 Å². The minimum absolute atomic E-state index is 0.288. The van der Waals surface area contributed by atoms with Crippen LogP contribution in [0, 0.1) is 0 Å². The Hall–Kier alpha value is -2.34. The summed E-state index contributed by atoms with van der Waals surface area (Å²) >= 11 is 0. The molecule has 2 heterocycles. The van der Waals surface area contributed by atoms with Crippen LogP contribution in [0.2, 0.25) is 0 Å². The van der Waals surface area contributed by atoms with Gasteiger partial charge in [-0.05, 0) is 36.7 Å². The molecule has 2 N–H and O–H groups in total. The summed E-state index contributed by atoms with van der Waals surface area (Å²) in [6.45, 7) is 1.94. The average molecular weight is 300 g/mol. The Bertz CT molecular complexity index is 703. The molecule has 0 atom stereocenters. The number of anilines is 1. The molecule has 6 nitrogen and oxygen atoms in total. The average Bonchev–Trinajstić information content (AvgIpc) is 2.53. The number of rotatable bonds is 3. The van der Waals surface area contributed by atoms with Crippen molar-refractivity contribution in [2.24, 2.45) is 0 Å². The predicted octanol–water partition coefficient (Wildman–Crippen LogP) is 1.73. The van der Waals surface area contributed by atoms with E-state index in [1.54, 1.807) is 13.3 Å². The van der Waals surface area contributed by atoms with Crippen molar-refractivity contribution in [1.29, 1.82) is 0 Å². The number of aromatic nitrogens is 2.